The van der Waals surface area contributed by atoms with Gasteiger partial charge in [-0.2, -0.15) is 0 Å². The molecule has 0 radical (unpaired) electrons. The van der Waals surface area contributed by atoms with Crippen LogP contribution in [0.3, 0.4) is 0 Å². The van der Waals surface area contributed by atoms with Gasteiger partial charge in [0.25, 0.3) is 0 Å². The molecule has 4 heteroatoms. The molecule has 18 heavy (non-hydrogen) atoms. The second-order valence-electron chi connectivity index (χ2n) is 4.92. The number of hydrogen-bond donors (Lipinski definition) is 1. The molecule has 1 aliphatic carbocycles. The summed E-state index contributed by atoms with van der Waals surface area (Å²) in [4.78, 5) is 2.32. The molecule has 1 aromatic carbocycles. The summed E-state index contributed by atoms with van der Waals surface area (Å²) in [6.45, 7) is 3.04. The lowest BCUT2D eigenvalue weighted by Crippen LogP contribution is -2.30. The van der Waals surface area contributed by atoms with E-state index >= 15 is 0 Å². The maximum absolute atomic E-state index is 5.39. The molecule has 1 fully saturated rings. The van der Waals surface area contributed by atoms with Crippen LogP contribution < -0.4 is 10.1 Å². The Labute approximate surface area is 118 Å². The van der Waals surface area contributed by atoms with E-state index in [1.807, 2.05) is 12.1 Å². The average molecular weight is 313 g/mol. The normalized spacial score (nSPS) is 15.1. The lowest BCUT2D eigenvalue weighted by molar-refractivity contribution is 0.315. The van der Waals surface area contributed by atoms with Crippen LogP contribution in [0.15, 0.2) is 22.7 Å². The molecule has 0 aliphatic heterocycles. The maximum atomic E-state index is 5.39. The van der Waals surface area contributed by atoms with Crippen molar-refractivity contribution in [1.82, 2.24) is 10.2 Å². The predicted octanol–water partition coefficient (Wildman–Crippen LogP) is 2.64. The largest absolute Gasteiger partial charge is 0.496 e. The van der Waals surface area contributed by atoms with Crippen molar-refractivity contribution in [2.75, 3.05) is 27.2 Å². The van der Waals surface area contributed by atoms with Gasteiger partial charge < -0.3 is 15.0 Å². The van der Waals surface area contributed by atoms with Gasteiger partial charge in [0.1, 0.15) is 5.75 Å². The zero-order valence-electron chi connectivity index (χ0n) is 11.1. The van der Waals surface area contributed by atoms with Crippen molar-refractivity contribution in [2.24, 2.45) is 0 Å². The van der Waals surface area contributed by atoms with Crippen LogP contribution in [0.2, 0.25) is 0 Å². The van der Waals surface area contributed by atoms with Gasteiger partial charge in [0.15, 0.2) is 0 Å². The summed E-state index contributed by atoms with van der Waals surface area (Å²) in [5.41, 5.74) is 1.22. The Bertz CT molecular complexity index is 393. The number of halogens is 1. The van der Waals surface area contributed by atoms with Crippen molar-refractivity contribution in [1.29, 1.82) is 0 Å². The van der Waals surface area contributed by atoms with Gasteiger partial charge in [0, 0.05) is 35.7 Å². The van der Waals surface area contributed by atoms with Crippen molar-refractivity contribution in [3.63, 3.8) is 0 Å². The van der Waals surface area contributed by atoms with Crippen molar-refractivity contribution in [3.05, 3.63) is 28.2 Å². The minimum absolute atomic E-state index is 0.791. The number of benzene rings is 1. The van der Waals surface area contributed by atoms with Crippen LogP contribution >= 0.6 is 15.9 Å². The maximum Gasteiger partial charge on any atom is 0.123 e. The highest BCUT2D eigenvalue weighted by Crippen LogP contribution is 2.24. The Hall–Kier alpha value is -0.580. The van der Waals surface area contributed by atoms with E-state index in [1.54, 1.807) is 7.11 Å². The topological polar surface area (TPSA) is 24.5 Å². The molecule has 2 rings (SSSR count). The van der Waals surface area contributed by atoms with Gasteiger partial charge in [-0.25, -0.2) is 0 Å². The van der Waals surface area contributed by atoms with Crippen molar-refractivity contribution < 1.29 is 4.74 Å². The minimum Gasteiger partial charge on any atom is -0.496 e. The smallest absolute Gasteiger partial charge is 0.123 e. The number of rotatable bonds is 7. The quantitative estimate of drug-likeness (QED) is 0.837. The molecule has 0 atom stereocenters. The Morgan fingerprint density at radius 3 is 2.89 bits per heavy atom. The molecule has 1 aromatic rings. The van der Waals surface area contributed by atoms with Crippen LogP contribution in [0, 0.1) is 0 Å². The minimum atomic E-state index is 0.791. The summed E-state index contributed by atoms with van der Waals surface area (Å²) >= 11 is 3.51. The highest BCUT2D eigenvalue weighted by atomic mass is 79.9. The first-order chi connectivity index (χ1) is 8.69. The Morgan fingerprint density at radius 2 is 2.22 bits per heavy atom. The molecular formula is C14H21BrN2O. The van der Waals surface area contributed by atoms with E-state index in [-0.39, 0.29) is 0 Å². The molecule has 0 aromatic heterocycles. The summed E-state index contributed by atoms with van der Waals surface area (Å²) in [6.07, 6.45) is 2.70. The fourth-order valence-electron chi connectivity index (χ4n) is 1.99. The molecule has 0 unspecified atom stereocenters. The van der Waals surface area contributed by atoms with Gasteiger partial charge >= 0.3 is 0 Å². The van der Waals surface area contributed by atoms with E-state index in [0.717, 1.165) is 35.9 Å². The lowest BCUT2D eigenvalue weighted by Gasteiger charge is -2.18. The van der Waals surface area contributed by atoms with Gasteiger partial charge in [-0.1, -0.05) is 15.9 Å². The molecule has 0 bridgehead atoms. The third-order valence-corrected chi connectivity index (χ3v) is 3.68. The molecule has 1 N–H and O–H groups in total. The number of methoxy groups -OCH3 is 1. The second kappa shape index (κ2) is 6.55. The summed E-state index contributed by atoms with van der Waals surface area (Å²) in [5.74, 6) is 0.959. The molecule has 0 spiro atoms. The number of ether oxygens (including phenoxy) is 1. The van der Waals surface area contributed by atoms with E-state index in [9.17, 15) is 0 Å². The van der Waals surface area contributed by atoms with Gasteiger partial charge in [-0.15, -0.1) is 0 Å². The van der Waals surface area contributed by atoms with Crippen LogP contribution in [-0.2, 0) is 6.54 Å². The van der Waals surface area contributed by atoms with Crippen molar-refractivity contribution >= 4 is 15.9 Å². The number of nitrogens with zero attached hydrogens (tertiary/aromatic N) is 1. The number of likely N-dealkylation sites (N-methyl/N-ethyl adjacent to an activating group) is 1. The van der Waals surface area contributed by atoms with Crippen LogP contribution in [0.5, 0.6) is 5.75 Å². The summed E-state index contributed by atoms with van der Waals surface area (Å²) < 4.78 is 6.49. The Balaban J connectivity index is 1.84. The fourth-order valence-corrected chi connectivity index (χ4v) is 2.40. The highest BCUT2D eigenvalue weighted by Gasteiger charge is 2.19. The Kier molecular flexibility index (Phi) is 5.03. The molecule has 1 aliphatic rings. The first-order valence-corrected chi connectivity index (χ1v) is 7.22. The molecular weight excluding hydrogens is 292 g/mol. The molecule has 0 heterocycles. The van der Waals surface area contributed by atoms with Gasteiger partial charge in [-0.05, 0) is 38.1 Å². The first-order valence-electron chi connectivity index (χ1n) is 6.43. The van der Waals surface area contributed by atoms with Gasteiger partial charge in [0.2, 0.25) is 0 Å². The van der Waals surface area contributed by atoms with E-state index in [0.29, 0.717) is 0 Å². The first kappa shape index (κ1) is 13.8. The van der Waals surface area contributed by atoms with Crippen molar-refractivity contribution in [2.45, 2.75) is 25.4 Å². The van der Waals surface area contributed by atoms with E-state index < -0.39 is 0 Å². The summed E-state index contributed by atoms with van der Waals surface area (Å²) in [6, 6.07) is 6.94. The number of nitrogens with one attached hydrogen (secondary N) is 1. The average Bonchev–Trinajstić information content (AvgIpc) is 3.13. The van der Waals surface area contributed by atoms with E-state index in [1.165, 1.54) is 18.4 Å². The Morgan fingerprint density at radius 1 is 1.44 bits per heavy atom. The van der Waals surface area contributed by atoms with Crippen LogP contribution in [0.4, 0.5) is 0 Å². The molecule has 3 nitrogen and oxygen atoms in total. The zero-order chi connectivity index (χ0) is 13.0. The molecule has 1 saturated carbocycles. The molecule has 0 saturated heterocycles. The molecule has 100 valence electrons. The van der Waals surface area contributed by atoms with Crippen LogP contribution in [0.1, 0.15) is 18.4 Å². The van der Waals surface area contributed by atoms with E-state index in [2.05, 4.69) is 39.3 Å². The zero-order valence-corrected chi connectivity index (χ0v) is 12.7. The van der Waals surface area contributed by atoms with Gasteiger partial charge in [-0.3, -0.25) is 0 Å². The summed E-state index contributed by atoms with van der Waals surface area (Å²) in [7, 11) is 3.87. The van der Waals surface area contributed by atoms with Crippen molar-refractivity contribution in [3.8, 4) is 5.75 Å². The highest BCUT2D eigenvalue weighted by molar-refractivity contribution is 9.10. The number of hydrogen-bond acceptors (Lipinski definition) is 3. The van der Waals surface area contributed by atoms with Gasteiger partial charge in [0.05, 0.1) is 7.11 Å². The van der Waals surface area contributed by atoms with E-state index in [4.69, 9.17) is 4.74 Å². The molecule has 0 amide bonds. The third kappa shape index (κ3) is 4.26. The summed E-state index contributed by atoms with van der Waals surface area (Å²) in [5, 5.41) is 3.53. The third-order valence-electron chi connectivity index (χ3n) is 3.19. The fraction of sp³-hybridized carbons (Fsp3) is 0.571. The standard InChI is InChI=1S/C14H21BrN2O/c1-17(8-7-16-13-4-5-13)10-11-9-12(15)3-6-14(11)18-2/h3,6,9,13,16H,4-5,7-8,10H2,1-2H3. The SMILES string of the molecule is COc1ccc(Br)cc1CN(C)CCNC1CC1. The van der Waals surface area contributed by atoms with Crippen LogP contribution in [-0.4, -0.2) is 38.2 Å². The van der Waals surface area contributed by atoms with Crippen LogP contribution in [0.25, 0.3) is 0 Å². The lowest BCUT2D eigenvalue weighted by atomic mass is 10.2. The monoisotopic (exact) mass is 312 g/mol. The second-order valence-corrected chi connectivity index (χ2v) is 5.84. The predicted molar refractivity (Wildman–Crippen MR) is 78.1 cm³/mol.